The second-order valence-electron chi connectivity index (χ2n) is 6.82. The molecule has 1 aliphatic carbocycles. The van der Waals surface area contributed by atoms with E-state index < -0.39 is 35.3 Å². The zero-order valence-electron chi connectivity index (χ0n) is 15.8. The van der Waals surface area contributed by atoms with Crippen molar-refractivity contribution in [2.45, 2.75) is 32.3 Å². The lowest BCUT2D eigenvalue weighted by molar-refractivity contribution is -0.158. The first kappa shape index (κ1) is 21.4. The van der Waals surface area contributed by atoms with Crippen LogP contribution in [0.2, 0.25) is 0 Å². The van der Waals surface area contributed by atoms with Gasteiger partial charge in [0.25, 0.3) is 5.91 Å². The van der Waals surface area contributed by atoms with Crippen LogP contribution in [-0.2, 0) is 9.59 Å². The number of alkyl halides is 2. The Balaban J connectivity index is 1.88. The lowest BCUT2D eigenvalue weighted by atomic mass is 10.0. The number of ether oxygens (including phenoxy) is 1. The normalized spacial score (nSPS) is 14.0. The summed E-state index contributed by atoms with van der Waals surface area (Å²) < 4.78 is 59.6. The Hall–Kier alpha value is -3.36. The van der Waals surface area contributed by atoms with E-state index >= 15 is 0 Å². The van der Waals surface area contributed by atoms with Crippen molar-refractivity contribution in [2.75, 3.05) is 5.32 Å². The highest BCUT2D eigenvalue weighted by atomic mass is 19.3. The molecular formula is C21H17F4NO4. The second-order valence-corrected chi connectivity index (χ2v) is 6.82. The van der Waals surface area contributed by atoms with E-state index in [0.29, 0.717) is 13.3 Å². The fraction of sp³-hybridized carbons (Fsp3) is 0.238. The number of nitrogens with one attached hydrogen (secondary N) is 1. The maximum Gasteiger partial charge on any atom is 0.394 e. The zero-order chi connectivity index (χ0) is 22.1. The summed E-state index contributed by atoms with van der Waals surface area (Å²) in [6.07, 6.45) is -2.56. The van der Waals surface area contributed by atoms with Gasteiger partial charge in [0.2, 0.25) is 0 Å². The van der Waals surface area contributed by atoms with Gasteiger partial charge in [-0.15, -0.1) is 0 Å². The van der Waals surface area contributed by atoms with Crippen LogP contribution in [0.1, 0.15) is 26.2 Å². The molecule has 1 aliphatic rings. The third-order valence-electron chi connectivity index (χ3n) is 4.50. The molecule has 3 rings (SSSR count). The molecule has 0 aliphatic heterocycles. The highest BCUT2D eigenvalue weighted by molar-refractivity contribution is 6.09. The van der Waals surface area contributed by atoms with Crippen LogP contribution in [0.3, 0.4) is 0 Å². The van der Waals surface area contributed by atoms with Crippen molar-refractivity contribution < 1.29 is 37.0 Å². The van der Waals surface area contributed by atoms with Crippen molar-refractivity contribution in [3.8, 4) is 16.9 Å². The number of hydrogen-bond acceptors (Lipinski definition) is 3. The first-order valence-corrected chi connectivity index (χ1v) is 8.98. The van der Waals surface area contributed by atoms with Crippen molar-refractivity contribution in [1.82, 2.24) is 0 Å². The quantitative estimate of drug-likeness (QED) is 0.632. The standard InChI is InChI=1S/C21H17F4NO4/c1-21(24,25)30-13-5-2-4-11(8-13)12-9-16(22)18(17(23)10-12)26-19(27)14-6-3-7-15(14)20(28)29/h2,4-5,8-10H,3,6-7H2,1H3,(H,26,27)(H,28,29). The molecule has 0 fully saturated rings. The van der Waals surface area contributed by atoms with Crippen LogP contribution in [0, 0.1) is 11.6 Å². The molecule has 0 saturated heterocycles. The topological polar surface area (TPSA) is 75.6 Å². The van der Waals surface area contributed by atoms with Crippen LogP contribution in [0.15, 0.2) is 47.5 Å². The number of carbonyl (C=O) groups is 2. The Bertz CT molecular complexity index is 1020. The first-order valence-electron chi connectivity index (χ1n) is 8.98. The van der Waals surface area contributed by atoms with Gasteiger partial charge in [-0.2, -0.15) is 8.78 Å². The number of hydrogen-bond donors (Lipinski definition) is 2. The molecule has 2 aromatic rings. The molecule has 5 nitrogen and oxygen atoms in total. The summed E-state index contributed by atoms with van der Waals surface area (Å²) >= 11 is 0. The van der Waals surface area contributed by atoms with Gasteiger partial charge in [0.1, 0.15) is 23.1 Å². The Kier molecular flexibility index (Phi) is 5.82. The van der Waals surface area contributed by atoms with E-state index in [0.717, 1.165) is 12.1 Å². The third-order valence-corrected chi connectivity index (χ3v) is 4.50. The van der Waals surface area contributed by atoms with Gasteiger partial charge in [-0.05, 0) is 54.7 Å². The fourth-order valence-corrected chi connectivity index (χ4v) is 3.22. The highest BCUT2D eigenvalue weighted by Crippen LogP contribution is 2.32. The summed E-state index contributed by atoms with van der Waals surface area (Å²) in [6, 6.07) is 7.19. The van der Waals surface area contributed by atoms with Gasteiger partial charge in [-0.25, -0.2) is 13.6 Å². The molecular weight excluding hydrogens is 406 g/mol. The maximum atomic E-state index is 14.5. The minimum atomic E-state index is -3.42. The molecule has 158 valence electrons. The molecule has 2 N–H and O–H groups in total. The number of rotatable bonds is 6. The minimum Gasteiger partial charge on any atom is -0.478 e. The number of anilines is 1. The second kappa shape index (κ2) is 8.17. The summed E-state index contributed by atoms with van der Waals surface area (Å²) in [5.41, 5.74) is -0.552. The predicted molar refractivity (Wildman–Crippen MR) is 100 cm³/mol. The van der Waals surface area contributed by atoms with Crippen LogP contribution in [-0.4, -0.2) is 23.1 Å². The molecule has 0 unspecified atom stereocenters. The van der Waals surface area contributed by atoms with E-state index in [1.807, 2.05) is 0 Å². The molecule has 30 heavy (non-hydrogen) atoms. The average Bonchev–Trinajstić information content (AvgIpc) is 3.13. The molecule has 2 aromatic carbocycles. The minimum absolute atomic E-state index is 0.0179. The van der Waals surface area contributed by atoms with Gasteiger partial charge in [0, 0.05) is 18.1 Å². The Morgan fingerprint density at radius 1 is 1.03 bits per heavy atom. The van der Waals surface area contributed by atoms with E-state index in [9.17, 15) is 27.2 Å². The van der Waals surface area contributed by atoms with Crippen molar-refractivity contribution in [1.29, 1.82) is 0 Å². The number of benzene rings is 2. The molecule has 9 heteroatoms. The van der Waals surface area contributed by atoms with Crippen LogP contribution in [0.5, 0.6) is 5.75 Å². The van der Waals surface area contributed by atoms with Gasteiger partial charge in [-0.1, -0.05) is 12.1 Å². The number of aliphatic carboxylic acids is 1. The fourth-order valence-electron chi connectivity index (χ4n) is 3.22. The SMILES string of the molecule is CC(F)(F)Oc1cccc(-c2cc(F)c(NC(=O)C3=C(C(=O)O)CCC3)c(F)c2)c1. The van der Waals surface area contributed by atoms with Crippen molar-refractivity contribution in [2.24, 2.45) is 0 Å². The molecule has 0 radical (unpaired) electrons. The van der Waals surface area contributed by atoms with Gasteiger partial charge in [0.05, 0.1) is 0 Å². The lowest BCUT2D eigenvalue weighted by Gasteiger charge is -2.14. The predicted octanol–water partition coefficient (Wildman–Crippen LogP) is 5.13. The van der Waals surface area contributed by atoms with Crippen LogP contribution in [0.25, 0.3) is 11.1 Å². The molecule has 1 amide bonds. The average molecular weight is 423 g/mol. The number of carboxylic acid groups (broad SMARTS) is 1. The summed E-state index contributed by atoms with van der Waals surface area (Å²) in [6.45, 7) is 0.562. The molecule has 0 heterocycles. The Morgan fingerprint density at radius 3 is 2.27 bits per heavy atom. The maximum absolute atomic E-state index is 14.5. The van der Waals surface area contributed by atoms with Crippen LogP contribution in [0.4, 0.5) is 23.2 Å². The summed E-state index contributed by atoms with van der Waals surface area (Å²) in [7, 11) is 0. The largest absolute Gasteiger partial charge is 0.478 e. The molecule has 0 saturated carbocycles. The lowest BCUT2D eigenvalue weighted by Crippen LogP contribution is -2.19. The number of amides is 1. The van der Waals surface area contributed by atoms with Gasteiger partial charge in [-0.3, -0.25) is 4.79 Å². The molecule has 0 aromatic heterocycles. The zero-order valence-corrected chi connectivity index (χ0v) is 15.8. The van der Waals surface area contributed by atoms with Crippen molar-refractivity contribution >= 4 is 17.6 Å². The van der Waals surface area contributed by atoms with Crippen LogP contribution < -0.4 is 10.1 Å². The summed E-state index contributed by atoms with van der Waals surface area (Å²) in [4.78, 5) is 23.5. The Morgan fingerprint density at radius 2 is 1.67 bits per heavy atom. The van der Waals surface area contributed by atoms with Crippen molar-refractivity contribution in [3.05, 3.63) is 59.2 Å². The number of carboxylic acids is 1. The first-order chi connectivity index (χ1) is 14.0. The van der Waals surface area contributed by atoms with Gasteiger partial charge < -0.3 is 15.2 Å². The van der Waals surface area contributed by atoms with E-state index in [1.54, 1.807) is 0 Å². The number of halogens is 4. The molecule has 0 spiro atoms. The monoisotopic (exact) mass is 423 g/mol. The van der Waals surface area contributed by atoms with Crippen LogP contribution >= 0.6 is 0 Å². The molecule has 0 atom stereocenters. The highest BCUT2D eigenvalue weighted by Gasteiger charge is 2.27. The van der Waals surface area contributed by atoms with Gasteiger partial charge in [0.15, 0.2) is 0 Å². The Labute approximate surface area is 169 Å². The van der Waals surface area contributed by atoms with Crippen molar-refractivity contribution in [3.63, 3.8) is 0 Å². The van der Waals surface area contributed by atoms with E-state index in [2.05, 4.69) is 10.1 Å². The summed E-state index contributed by atoms with van der Waals surface area (Å²) in [5.74, 6) is -4.50. The number of carbonyl (C=O) groups excluding carboxylic acids is 1. The smallest absolute Gasteiger partial charge is 0.394 e. The summed E-state index contributed by atoms with van der Waals surface area (Å²) in [5, 5.41) is 11.2. The van der Waals surface area contributed by atoms with Gasteiger partial charge >= 0.3 is 12.1 Å². The van der Waals surface area contributed by atoms with E-state index in [1.165, 1.54) is 24.3 Å². The third kappa shape index (κ3) is 4.79. The molecule has 0 bridgehead atoms. The van der Waals surface area contributed by atoms with E-state index in [4.69, 9.17) is 5.11 Å². The van der Waals surface area contributed by atoms with E-state index in [-0.39, 0.29) is 40.9 Å².